The number of rotatable bonds is 7. The molecule has 1 aliphatic rings. The van der Waals surface area contributed by atoms with Crippen LogP contribution in [0, 0.1) is 17.1 Å². The van der Waals surface area contributed by atoms with Gasteiger partial charge in [0.05, 0.1) is 24.7 Å². The van der Waals surface area contributed by atoms with E-state index in [2.05, 4.69) is 17.0 Å². The molecule has 4 nitrogen and oxygen atoms in total. The molecule has 1 fully saturated rings. The lowest BCUT2D eigenvalue weighted by Crippen LogP contribution is -2.43. The number of nitriles is 1. The lowest BCUT2D eigenvalue weighted by molar-refractivity contribution is -0.120. The maximum Gasteiger partial charge on any atom is 0.241 e. The number of hydrogen-bond donors (Lipinski definition) is 0. The van der Waals surface area contributed by atoms with Gasteiger partial charge in [-0.15, -0.1) is 0 Å². The first-order valence-corrected chi connectivity index (χ1v) is 9.39. The van der Waals surface area contributed by atoms with Crippen LogP contribution in [0.1, 0.15) is 24.8 Å². The third-order valence-electron chi connectivity index (χ3n) is 5.04. The van der Waals surface area contributed by atoms with Crippen LogP contribution < -0.4 is 4.90 Å². The smallest absolute Gasteiger partial charge is 0.241 e. The van der Waals surface area contributed by atoms with Crippen LogP contribution in [-0.4, -0.2) is 36.5 Å². The standard InChI is InChI=1S/C22H24FN3O/c23-20-11-4-5-12-21(20)26(15-7-13-24)22(27)17-25-14-6-10-19(25)16-18-8-2-1-3-9-18/h1-5,8-9,11-12,19H,6-7,10,14-17H2/t19-/m1/s1. The average molecular weight is 365 g/mol. The molecule has 2 aromatic carbocycles. The van der Waals surface area contributed by atoms with Crippen molar-refractivity contribution in [3.8, 4) is 6.07 Å². The second-order valence-electron chi connectivity index (χ2n) is 6.86. The van der Waals surface area contributed by atoms with Gasteiger partial charge in [-0.25, -0.2) is 4.39 Å². The number of para-hydroxylation sites is 1. The number of amides is 1. The minimum Gasteiger partial charge on any atom is -0.308 e. The van der Waals surface area contributed by atoms with Gasteiger partial charge in [0.25, 0.3) is 0 Å². The molecule has 1 heterocycles. The summed E-state index contributed by atoms with van der Waals surface area (Å²) in [4.78, 5) is 16.6. The van der Waals surface area contributed by atoms with E-state index in [4.69, 9.17) is 5.26 Å². The predicted molar refractivity (Wildman–Crippen MR) is 104 cm³/mol. The highest BCUT2D eigenvalue weighted by Crippen LogP contribution is 2.23. The first-order chi connectivity index (χ1) is 13.2. The highest BCUT2D eigenvalue weighted by atomic mass is 19.1. The van der Waals surface area contributed by atoms with E-state index in [0.717, 1.165) is 25.8 Å². The molecule has 0 radical (unpaired) electrons. The van der Waals surface area contributed by atoms with Crippen LogP contribution >= 0.6 is 0 Å². The fraction of sp³-hybridized carbons (Fsp3) is 0.364. The Morgan fingerprint density at radius 3 is 2.67 bits per heavy atom. The van der Waals surface area contributed by atoms with Gasteiger partial charge in [-0.2, -0.15) is 5.26 Å². The Hall–Kier alpha value is -2.71. The van der Waals surface area contributed by atoms with E-state index in [1.165, 1.54) is 16.5 Å². The molecule has 0 saturated carbocycles. The van der Waals surface area contributed by atoms with E-state index in [1.54, 1.807) is 18.2 Å². The minimum absolute atomic E-state index is 0.157. The van der Waals surface area contributed by atoms with Crippen molar-refractivity contribution in [2.45, 2.75) is 31.7 Å². The highest BCUT2D eigenvalue weighted by Gasteiger charge is 2.29. The Morgan fingerprint density at radius 1 is 1.19 bits per heavy atom. The van der Waals surface area contributed by atoms with Gasteiger partial charge in [0.1, 0.15) is 5.82 Å². The molecule has 0 aromatic heterocycles. The molecule has 0 N–H and O–H groups in total. The monoisotopic (exact) mass is 365 g/mol. The predicted octanol–water partition coefficient (Wildman–Crippen LogP) is 3.78. The normalized spacial score (nSPS) is 16.8. The second kappa shape index (κ2) is 9.29. The van der Waals surface area contributed by atoms with Crippen molar-refractivity contribution in [3.05, 3.63) is 66.0 Å². The molecule has 2 aromatic rings. The van der Waals surface area contributed by atoms with Crippen molar-refractivity contribution in [2.24, 2.45) is 0 Å². The van der Waals surface area contributed by atoms with Gasteiger partial charge in [0.2, 0.25) is 5.91 Å². The van der Waals surface area contributed by atoms with Crippen molar-refractivity contribution in [1.82, 2.24) is 4.90 Å². The average Bonchev–Trinajstić information content (AvgIpc) is 3.11. The molecule has 1 aliphatic heterocycles. The van der Waals surface area contributed by atoms with Gasteiger partial charge >= 0.3 is 0 Å². The third kappa shape index (κ3) is 4.93. The number of anilines is 1. The van der Waals surface area contributed by atoms with E-state index >= 15 is 0 Å². The van der Waals surface area contributed by atoms with E-state index in [-0.39, 0.29) is 31.1 Å². The van der Waals surface area contributed by atoms with Crippen molar-refractivity contribution in [1.29, 1.82) is 5.26 Å². The zero-order valence-corrected chi connectivity index (χ0v) is 15.4. The fourth-order valence-corrected chi connectivity index (χ4v) is 3.69. The molecule has 0 aliphatic carbocycles. The Bertz CT molecular complexity index is 803. The van der Waals surface area contributed by atoms with Crippen molar-refractivity contribution < 1.29 is 9.18 Å². The maximum absolute atomic E-state index is 14.2. The maximum atomic E-state index is 14.2. The summed E-state index contributed by atoms with van der Waals surface area (Å²) < 4.78 is 14.2. The molecular weight excluding hydrogens is 341 g/mol. The van der Waals surface area contributed by atoms with Crippen LogP contribution in [0.3, 0.4) is 0 Å². The molecule has 1 saturated heterocycles. The van der Waals surface area contributed by atoms with Crippen LogP contribution in [0.25, 0.3) is 0 Å². The van der Waals surface area contributed by atoms with Gasteiger partial charge in [-0.05, 0) is 43.5 Å². The molecule has 5 heteroatoms. The van der Waals surface area contributed by atoms with Gasteiger partial charge in [0.15, 0.2) is 0 Å². The summed E-state index contributed by atoms with van der Waals surface area (Å²) in [6.07, 6.45) is 3.20. The summed E-state index contributed by atoms with van der Waals surface area (Å²) >= 11 is 0. The Labute approximate surface area is 159 Å². The van der Waals surface area contributed by atoms with E-state index < -0.39 is 5.82 Å². The molecular formula is C22H24FN3O. The zero-order chi connectivity index (χ0) is 19.1. The topological polar surface area (TPSA) is 47.3 Å². The summed E-state index contributed by atoms with van der Waals surface area (Å²) in [5.41, 5.74) is 1.51. The van der Waals surface area contributed by atoms with Crippen LogP contribution in [0.15, 0.2) is 54.6 Å². The van der Waals surface area contributed by atoms with Gasteiger partial charge in [-0.1, -0.05) is 42.5 Å². The minimum atomic E-state index is -0.439. The highest BCUT2D eigenvalue weighted by molar-refractivity contribution is 5.95. The largest absolute Gasteiger partial charge is 0.308 e. The number of carbonyl (C=O) groups is 1. The summed E-state index contributed by atoms with van der Waals surface area (Å²) in [5, 5.41) is 8.91. The van der Waals surface area contributed by atoms with E-state index in [0.29, 0.717) is 6.04 Å². The van der Waals surface area contributed by atoms with Crippen molar-refractivity contribution >= 4 is 11.6 Å². The molecule has 3 rings (SSSR count). The van der Waals surface area contributed by atoms with Crippen molar-refractivity contribution in [3.63, 3.8) is 0 Å². The second-order valence-corrected chi connectivity index (χ2v) is 6.86. The zero-order valence-electron chi connectivity index (χ0n) is 15.4. The Morgan fingerprint density at radius 2 is 1.93 bits per heavy atom. The van der Waals surface area contributed by atoms with Crippen LogP contribution in [0.4, 0.5) is 10.1 Å². The number of carbonyl (C=O) groups excluding carboxylic acids is 1. The molecule has 0 unspecified atom stereocenters. The molecule has 0 spiro atoms. The van der Waals surface area contributed by atoms with Gasteiger partial charge in [0, 0.05) is 12.6 Å². The van der Waals surface area contributed by atoms with E-state index in [1.807, 2.05) is 24.3 Å². The Kier molecular flexibility index (Phi) is 6.56. The van der Waals surface area contributed by atoms with Crippen LogP contribution in [0.5, 0.6) is 0 Å². The summed E-state index contributed by atoms with van der Waals surface area (Å²) in [7, 11) is 0. The first kappa shape index (κ1) is 19.1. The number of halogens is 1. The van der Waals surface area contributed by atoms with Crippen LogP contribution in [0.2, 0.25) is 0 Å². The fourth-order valence-electron chi connectivity index (χ4n) is 3.69. The quantitative estimate of drug-likeness (QED) is 0.750. The molecule has 140 valence electrons. The molecule has 1 atom stereocenters. The lowest BCUT2D eigenvalue weighted by Gasteiger charge is -2.28. The van der Waals surface area contributed by atoms with Crippen molar-refractivity contribution in [2.75, 3.05) is 24.5 Å². The number of nitrogens with zero attached hydrogens (tertiary/aromatic N) is 3. The third-order valence-corrected chi connectivity index (χ3v) is 5.04. The lowest BCUT2D eigenvalue weighted by atomic mass is 10.0. The molecule has 0 bridgehead atoms. The molecule has 1 amide bonds. The van der Waals surface area contributed by atoms with Gasteiger partial charge in [-0.3, -0.25) is 9.69 Å². The van der Waals surface area contributed by atoms with Gasteiger partial charge < -0.3 is 4.90 Å². The number of benzene rings is 2. The summed E-state index contributed by atoms with van der Waals surface area (Å²) in [6, 6.07) is 18.9. The van der Waals surface area contributed by atoms with E-state index in [9.17, 15) is 9.18 Å². The SMILES string of the molecule is N#CCCN(C(=O)CN1CCC[C@@H]1Cc1ccccc1)c1ccccc1F. The number of hydrogen-bond acceptors (Lipinski definition) is 3. The first-order valence-electron chi connectivity index (χ1n) is 9.39. The molecule has 27 heavy (non-hydrogen) atoms. The summed E-state index contributed by atoms with van der Waals surface area (Å²) in [5.74, 6) is -0.596. The number of likely N-dealkylation sites (tertiary alicyclic amines) is 1. The Balaban J connectivity index is 1.70. The summed E-state index contributed by atoms with van der Waals surface area (Å²) in [6.45, 7) is 1.32. The van der Waals surface area contributed by atoms with Crippen LogP contribution in [-0.2, 0) is 11.2 Å².